The fourth-order valence-corrected chi connectivity index (χ4v) is 2.50. The molecule has 0 spiro atoms. The Bertz CT molecular complexity index is 604. The van der Waals surface area contributed by atoms with Crippen LogP contribution in [0.2, 0.25) is 5.02 Å². The molecular weight excluding hydrogens is 335 g/mol. The molecule has 0 aromatic heterocycles. The zero-order valence-electron chi connectivity index (χ0n) is 10.0. The highest BCUT2D eigenvalue weighted by Gasteiger charge is 2.16. The first kappa shape index (κ1) is 14.3. The van der Waals surface area contributed by atoms with Crippen LogP contribution in [0, 0.1) is 5.82 Å². The van der Waals surface area contributed by atoms with Crippen LogP contribution in [0.1, 0.15) is 17.2 Å². The lowest BCUT2D eigenvalue weighted by Gasteiger charge is -2.14. The first-order valence-electron chi connectivity index (χ1n) is 5.49. The normalized spacial score (nSPS) is 12.3. The molecule has 0 aliphatic carbocycles. The standard InChI is InChI=1S/C14H11BrClFO2/c1-19-13-5-2-8(6-11(13)15)14(18)10-7-9(16)3-4-12(10)17/h2-7,14,18H,1H3. The molecule has 0 heterocycles. The zero-order valence-corrected chi connectivity index (χ0v) is 12.4. The summed E-state index contributed by atoms with van der Waals surface area (Å²) in [4.78, 5) is 0. The summed E-state index contributed by atoms with van der Waals surface area (Å²) in [5, 5.41) is 10.6. The summed E-state index contributed by atoms with van der Waals surface area (Å²) in [6.07, 6.45) is -1.08. The van der Waals surface area contributed by atoms with E-state index in [1.807, 2.05) is 0 Å². The zero-order chi connectivity index (χ0) is 14.0. The first-order valence-corrected chi connectivity index (χ1v) is 6.66. The van der Waals surface area contributed by atoms with Gasteiger partial charge < -0.3 is 9.84 Å². The molecule has 0 amide bonds. The maximum atomic E-state index is 13.7. The van der Waals surface area contributed by atoms with Crippen molar-refractivity contribution in [1.82, 2.24) is 0 Å². The molecule has 2 aromatic rings. The van der Waals surface area contributed by atoms with Gasteiger partial charge in [-0.15, -0.1) is 0 Å². The van der Waals surface area contributed by atoms with Gasteiger partial charge in [0.15, 0.2) is 0 Å². The van der Waals surface area contributed by atoms with E-state index in [9.17, 15) is 9.50 Å². The van der Waals surface area contributed by atoms with Crippen LogP contribution < -0.4 is 4.74 Å². The van der Waals surface area contributed by atoms with Crippen molar-refractivity contribution >= 4 is 27.5 Å². The molecule has 2 nitrogen and oxygen atoms in total. The highest BCUT2D eigenvalue weighted by molar-refractivity contribution is 9.10. The van der Waals surface area contributed by atoms with E-state index in [4.69, 9.17) is 16.3 Å². The SMILES string of the molecule is COc1ccc(C(O)c2cc(Cl)ccc2F)cc1Br. The molecule has 0 radical (unpaired) electrons. The fourth-order valence-electron chi connectivity index (χ4n) is 1.76. The van der Waals surface area contributed by atoms with Crippen molar-refractivity contribution in [3.63, 3.8) is 0 Å². The number of halogens is 3. The smallest absolute Gasteiger partial charge is 0.133 e. The lowest BCUT2D eigenvalue weighted by molar-refractivity contribution is 0.215. The molecule has 2 aromatic carbocycles. The number of methoxy groups -OCH3 is 1. The van der Waals surface area contributed by atoms with E-state index in [1.165, 1.54) is 18.2 Å². The summed E-state index contributed by atoms with van der Waals surface area (Å²) in [7, 11) is 1.55. The summed E-state index contributed by atoms with van der Waals surface area (Å²) in [6, 6.07) is 9.15. The third-order valence-electron chi connectivity index (χ3n) is 2.74. The molecule has 0 aliphatic heterocycles. The van der Waals surface area contributed by atoms with Crippen LogP contribution in [0.3, 0.4) is 0 Å². The number of benzene rings is 2. The van der Waals surface area contributed by atoms with Gasteiger partial charge in [0.1, 0.15) is 17.7 Å². The van der Waals surface area contributed by atoms with Gasteiger partial charge >= 0.3 is 0 Å². The van der Waals surface area contributed by atoms with Crippen LogP contribution in [0.4, 0.5) is 4.39 Å². The molecule has 0 aliphatic rings. The average molecular weight is 346 g/mol. The van der Waals surface area contributed by atoms with Crippen LogP contribution in [-0.2, 0) is 0 Å². The van der Waals surface area contributed by atoms with E-state index in [0.717, 1.165) is 0 Å². The van der Waals surface area contributed by atoms with Gasteiger partial charge in [0.25, 0.3) is 0 Å². The van der Waals surface area contributed by atoms with Gasteiger partial charge in [-0.25, -0.2) is 4.39 Å². The largest absolute Gasteiger partial charge is 0.496 e. The Balaban J connectivity index is 2.41. The minimum Gasteiger partial charge on any atom is -0.496 e. The van der Waals surface area contributed by atoms with Gasteiger partial charge in [-0.1, -0.05) is 17.7 Å². The minimum atomic E-state index is -1.08. The molecule has 5 heteroatoms. The second kappa shape index (κ2) is 5.90. The van der Waals surface area contributed by atoms with Crippen LogP contribution in [0.5, 0.6) is 5.75 Å². The number of hydrogen-bond donors (Lipinski definition) is 1. The average Bonchev–Trinajstić information content (AvgIpc) is 2.40. The van der Waals surface area contributed by atoms with Crippen LogP contribution in [-0.4, -0.2) is 12.2 Å². The van der Waals surface area contributed by atoms with E-state index in [2.05, 4.69) is 15.9 Å². The molecular formula is C14H11BrClFO2. The van der Waals surface area contributed by atoms with Crippen LogP contribution in [0.15, 0.2) is 40.9 Å². The Morgan fingerprint density at radius 3 is 2.63 bits per heavy atom. The van der Waals surface area contributed by atoms with Gasteiger partial charge in [-0.3, -0.25) is 0 Å². The summed E-state index contributed by atoms with van der Waals surface area (Å²) >= 11 is 9.15. The predicted octanol–water partition coefficient (Wildman–Crippen LogP) is 4.33. The third kappa shape index (κ3) is 3.08. The monoisotopic (exact) mass is 344 g/mol. The number of rotatable bonds is 3. The van der Waals surface area contributed by atoms with Crippen molar-refractivity contribution in [2.45, 2.75) is 6.10 Å². The maximum absolute atomic E-state index is 13.7. The lowest BCUT2D eigenvalue weighted by atomic mass is 10.0. The summed E-state index contributed by atoms with van der Waals surface area (Å²) in [5.41, 5.74) is 0.693. The highest BCUT2D eigenvalue weighted by Crippen LogP contribution is 2.32. The Labute approximate surface area is 123 Å². The Morgan fingerprint density at radius 1 is 1.26 bits per heavy atom. The number of hydrogen-bond acceptors (Lipinski definition) is 2. The van der Waals surface area contributed by atoms with Gasteiger partial charge in [-0.2, -0.15) is 0 Å². The molecule has 100 valence electrons. The molecule has 0 fully saturated rings. The van der Waals surface area contributed by atoms with Gasteiger partial charge in [0.2, 0.25) is 0 Å². The molecule has 1 atom stereocenters. The van der Waals surface area contributed by atoms with Crippen molar-refractivity contribution in [2.24, 2.45) is 0 Å². The van der Waals surface area contributed by atoms with E-state index in [0.29, 0.717) is 20.8 Å². The van der Waals surface area contributed by atoms with Crippen molar-refractivity contribution in [2.75, 3.05) is 7.11 Å². The quantitative estimate of drug-likeness (QED) is 0.897. The second-order valence-corrected chi connectivity index (χ2v) is 5.25. The number of aliphatic hydroxyl groups excluding tert-OH is 1. The summed E-state index contributed by atoms with van der Waals surface area (Å²) in [6.45, 7) is 0. The van der Waals surface area contributed by atoms with Gasteiger partial charge in [0, 0.05) is 10.6 Å². The maximum Gasteiger partial charge on any atom is 0.133 e. The van der Waals surface area contributed by atoms with E-state index >= 15 is 0 Å². The van der Waals surface area contributed by atoms with E-state index in [1.54, 1.807) is 25.3 Å². The van der Waals surface area contributed by atoms with Crippen molar-refractivity contribution in [3.05, 3.63) is 62.8 Å². The fraction of sp³-hybridized carbons (Fsp3) is 0.143. The molecule has 2 rings (SSSR count). The van der Waals surface area contributed by atoms with Crippen molar-refractivity contribution in [1.29, 1.82) is 0 Å². The molecule has 0 saturated carbocycles. The Morgan fingerprint density at radius 2 is 2.00 bits per heavy atom. The van der Waals surface area contributed by atoms with Crippen molar-refractivity contribution < 1.29 is 14.2 Å². The van der Waals surface area contributed by atoms with Crippen molar-refractivity contribution in [3.8, 4) is 5.75 Å². The Hall–Kier alpha value is -1.10. The van der Waals surface area contributed by atoms with Gasteiger partial charge in [-0.05, 0) is 51.8 Å². The van der Waals surface area contributed by atoms with Gasteiger partial charge in [0.05, 0.1) is 11.6 Å². The number of aliphatic hydroxyl groups is 1. The van der Waals surface area contributed by atoms with Crippen LogP contribution in [0.25, 0.3) is 0 Å². The molecule has 0 saturated heterocycles. The third-order valence-corrected chi connectivity index (χ3v) is 3.60. The second-order valence-electron chi connectivity index (χ2n) is 3.96. The topological polar surface area (TPSA) is 29.5 Å². The summed E-state index contributed by atoms with van der Waals surface area (Å²) < 4.78 is 19.5. The molecule has 1 N–H and O–H groups in total. The first-order chi connectivity index (χ1) is 9.02. The molecule has 1 unspecified atom stereocenters. The lowest BCUT2D eigenvalue weighted by Crippen LogP contribution is -2.03. The predicted molar refractivity (Wildman–Crippen MR) is 76.2 cm³/mol. The Kier molecular flexibility index (Phi) is 4.45. The summed E-state index contributed by atoms with van der Waals surface area (Å²) in [5.74, 6) is 0.145. The molecule has 0 bridgehead atoms. The van der Waals surface area contributed by atoms with E-state index in [-0.39, 0.29) is 5.56 Å². The van der Waals surface area contributed by atoms with Crippen LogP contribution >= 0.6 is 27.5 Å². The molecule has 19 heavy (non-hydrogen) atoms. The number of ether oxygens (including phenoxy) is 1. The van der Waals surface area contributed by atoms with E-state index < -0.39 is 11.9 Å². The highest BCUT2D eigenvalue weighted by atomic mass is 79.9. The minimum absolute atomic E-state index is 0.143.